The topological polar surface area (TPSA) is 57.4 Å². The second kappa shape index (κ2) is 7.72. The summed E-state index contributed by atoms with van der Waals surface area (Å²) in [7, 11) is 2.13. The minimum Gasteiger partial charge on any atom is -0.393 e. The maximum absolute atomic E-state index is 9.67. The van der Waals surface area contributed by atoms with Crippen molar-refractivity contribution in [2.75, 3.05) is 32.7 Å². The Morgan fingerprint density at radius 3 is 2.48 bits per heavy atom. The maximum atomic E-state index is 9.67. The van der Waals surface area contributed by atoms with Gasteiger partial charge < -0.3 is 14.6 Å². The Balaban J connectivity index is 1.36. The number of hydrogen-bond acceptors (Lipinski definition) is 5. The molecule has 1 atom stereocenters. The highest BCUT2D eigenvalue weighted by atomic mass is 16.3. The molecule has 1 N–H and O–H groups in total. The van der Waals surface area contributed by atoms with Gasteiger partial charge in [0.25, 0.3) is 0 Å². The van der Waals surface area contributed by atoms with Crippen molar-refractivity contribution in [3.63, 3.8) is 0 Å². The molecule has 2 aliphatic heterocycles. The van der Waals surface area contributed by atoms with Gasteiger partial charge in [0, 0.05) is 39.1 Å². The molecule has 25 heavy (non-hydrogen) atoms. The van der Waals surface area contributed by atoms with Gasteiger partial charge in [0.05, 0.1) is 12.6 Å². The molecular formula is C19H33N5O. The van der Waals surface area contributed by atoms with Gasteiger partial charge in [0.15, 0.2) is 0 Å². The lowest BCUT2D eigenvalue weighted by molar-refractivity contribution is 0.0775. The van der Waals surface area contributed by atoms with Crippen LogP contribution in [0.15, 0.2) is 0 Å². The fraction of sp³-hybridized carbons (Fsp3) is 0.895. The minimum absolute atomic E-state index is 0.116. The van der Waals surface area contributed by atoms with E-state index in [1.165, 1.54) is 51.0 Å². The van der Waals surface area contributed by atoms with Crippen LogP contribution in [0.3, 0.4) is 0 Å². The zero-order valence-corrected chi connectivity index (χ0v) is 15.6. The highest BCUT2D eigenvalue weighted by Crippen LogP contribution is 2.31. The second-order valence-electron chi connectivity index (χ2n) is 8.44. The van der Waals surface area contributed by atoms with E-state index in [0.717, 1.165) is 50.8 Å². The largest absolute Gasteiger partial charge is 0.393 e. The first-order valence-corrected chi connectivity index (χ1v) is 10.2. The Labute approximate surface area is 151 Å². The smallest absolute Gasteiger partial charge is 0.146 e. The summed E-state index contributed by atoms with van der Waals surface area (Å²) in [6.07, 6.45) is 8.46. The Hall–Kier alpha value is -0.980. The molecule has 0 radical (unpaired) electrons. The number of likely N-dealkylation sites (tertiary alicyclic amines) is 2. The molecule has 6 heteroatoms. The Morgan fingerprint density at radius 1 is 0.960 bits per heavy atom. The molecule has 0 aromatic carbocycles. The zero-order valence-electron chi connectivity index (χ0n) is 15.6. The fourth-order valence-corrected chi connectivity index (χ4v) is 4.62. The number of aromatic nitrogens is 3. The highest BCUT2D eigenvalue weighted by molar-refractivity contribution is 5.04. The van der Waals surface area contributed by atoms with Gasteiger partial charge in [-0.15, -0.1) is 10.2 Å². The van der Waals surface area contributed by atoms with Crippen molar-refractivity contribution in [1.82, 2.24) is 24.6 Å². The van der Waals surface area contributed by atoms with Crippen LogP contribution in [0.5, 0.6) is 0 Å². The average molecular weight is 348 g/mol. The maximum Gasteiger partial charge on any atom is 0.146 e. The Bertz CT molecular complexity index is 562. The lowest BCUT2D eigenvalue weighted by Gasteiger charge is -2.37. The van der Waals surface area contributed by atoms with E-state index in [2.05, 4.69) is 31.6 Å². The number of piperidine rings is 2. The first-order valence-electron chi connectivity index (χ1n) is 10.2. The van der Waals surface area contributed by atoms with Crippen molar-refractivity contribution >= 4 is 0 Å². The van der Waals surface area contributed by atoms with Gasteiger partial charge in [0.2, 0.25) is 0 Å². The first-order chi connectivity index (χ1) is 12.2. The van der Waals surface area contributed by atoms with E-state index in [1.54, 1.807) is 0 Å². The number of aliphatic hydroxyl groups excluding tert-OH is 1. The van der Waals surface area contributed by atoms with Crippen molar-refractivity contribution in [1.29, 1.82) is 0 Å². The summed E-state index contributed by atoms with van der Waals surface area (Å²) in [6.45, 7) is 6.47. The third-order valence-electron chi connectivity index (χ3n) is 6.53. The summed E-state index contributed by atoms with van der Waals surface area (Å²) in [5, 5.41) is 18.8. The van der Waals surface area contributed by atoms with Crippen LogP contribution in [0.2, 0.25) is 0 Å². The van der Waals surface area contributed by atoms with Crippen LogP contribution in [-0.2, 0) is 13.6 Å². The minimum atomic E-state index is -0.116. The van der Waals surface area contributed by atoms with Gasteiger partial charge in [-0.1, -0.05) is 6.42 Å². The van der Waals surface area contributed by atoms with E-state index >= 15 is 0 Å². The monoisotopic (exact) mass is 347 g/mol. The number of aliphatic hydroxyl groups is 1. The Kier molecular flexibility index (Phi) is 5.39. The zero-order chi connectivity index (χ0) is 17.2. The van der Waals surface area contributed by atoms with E-state index in [9.17, 15) is 5.11 Å². The molecule has 0 bridgehead atoms. The van der Waals surface area contributed by atoms with E-state index in [0.29, 0.717) is 5.92 Å². The number of hydrogen-bond donors (Lipinski definition) is 1. The van der Waals surface area contributed by atoms with Gasteiger partial charge in [-0.25, -0.2) is 0 Å². The summed E-state index contributed by atoms with van der Waals surface area (Å²) in [5.74, 6) is 3.72. The van der Waals surface area contributed by atoms with Gasteiger partial charge in [0.1, 0.15) is 11.6 Å². The van der Waals surface area contributed by atoms with Crippen molar-refractivity contribution in [2.24, 2.45) is 13.0 Å². The number of nitrogens with zero attached hydrogens (tertiary/aromatic N) is 5. The molecule has 3 fully saturated rings. The SMILES string of the molecule is Cn1c(CN2CCC(O)CC2)nnc1[C@H]1CCCN(CC2CCC2)C1. The summed E-state index contributed by atoms with van der Waals surface area (Å²) < 4.78 is 2.24. The molecule has 2 saturated heterocycles. The van der Waals surface area contributed by atoms with Crippen LogP contribution in [0.1, 0.15) is 62.5 Å². The summed E-state index contributed by atoms with van der Waals surface area (Å²) in [5.41, 5.74) is 0. The third kappa shape index (κ3) is 4.07. The van der Waals surface area contributed by atoms with E-state index in [1.807, 2.05) is 0 Å². The lowest BCUT2D eigenvalue weighted by atomic mass is 9.84. The molecule has 3 heterocycles. The molecule has 6 nitrogen and oxygen atoms in total. The first kappa shape index (κ1) is 17.4. The normalized spacial score (nSPS) is 27.5. The van der Waals surface area contributed by atoms with Gasteiger partial charge in [-0.3, -0.25) is 4.90 Å². The predicted molar refractivity (Wildman–Crippen MR) is 97.3 cm³/mol. The van der Waals surface area contributed by atoms with E-state index < -0.39 is 0 Å². The van der Waals surface area contributed by atoms with Crippen LogP contribution >= 0.6 is 0 Å². The van der Waals surface area contributed by atoms with Crippen molar-refractivity contribution < 1.29 is 5.11 Å². The van der Waals surface area contributed by atoms with Crippen molar-refractivity contribution in [3.8, 4) is 0 Å². The Morgan fingerprint density at radius 2 is 1.76 bits per heavy atom. The van der Waals surface area contributed by atoms with Crippen molar-refractivity contribution in [2.45, 2.75) is 63.5 Å². The molecule has 4 rings (SSSR count). The van der Waals surface area contributed by atoms with Crippen LogP contribution in [0, 0.1) is 5.92 Å². The van der Waals surface area contributed by atoms with E-state index in [4.69, 9.17) is 0 Å². The standard InChI is InChI=1S/C19H33N5O/c1-22-18(14-23-10-7-17(25)8-11-23)20-21-19(22)16-6-3-9-24(13-16)12-15-4-2-5-15/h15-17,25H,2-14H2,1H3/t16-/m0/s1. The molecule has 1 aliphatic carbocycles. The molecule has 1 aromatic heterocycles. The van der Waals surface area contributed by atoms with Crippen molar-refractivity contribution in [3.05, 3.63) is 11.6 Å². The summed E-state index contributed by atoms with van der Waals surface area (Å²) in [6, 6.07) is 0. The second-order valence-corrected chi connectivity index (χ2v) is 8.44. The molecule has 1 saturated carbocycles. The lowest BCUT2D eigenvalue weighted by Crippen LogP contribution is -2.40. The quantitative estimate of drug-likeness (QED) is 0.879. The molecular weight excluding hydrogens is 314 g/mol. The van der Waals surface area contributed by atoms with Gasteiger partial charge in [-0.2, -0.15) is 0 Å². The molecule has 0 amide bonds. The average Bonchev–Trinajstić information content (AvgIpc) is 2.94. The van der Waals surface area contributed by atoms with Crippen LogP contribution in [0.25, 0.3) is 0 Å². The van der Waals surface area contributed by atoms with E-state index in [-0.39, 0.29) is 6.10 Å². The summed E-state index contributed by atoms with van der Waals surface area (Å²) in [4.78, 5) is 5.06. The molecule has 0 unspecified atom stereocenters. The van der Waals surface area contributed by atoms with Crippen LogP contribution in [-0.4, -0.2) is 68.5 Å². The molecule has 3 aliphatic rings. The van der Waals surface area contributed by atoms with Crippen LogP contribution < -0.4 is 0 Å². The number of rotatable bonds is 5. The molecule has 1 aromatic rings. The highest BCUT2D eigenvalue weighted by Gasteiger charge is 2.29. The van der Waals surface area contributed by atoms with Gasteiger partial charge >= 0.3 is 0 Å². The fourth-order valence-electron chi connectivity index (χ4n) is 4.62. The van der Waals surface area contributed by atoms with Gasteiger partial charge in [-0.05, 0) is 51.0 Å². The predicted octanol–water partition coefficient (Wildman–Crippen LogP) is 1.75. The summed E-state index contributed by atoms with van der Waals surface area (Å²) >= 11 is 0. The molecule has 140 valence electrons. The third-order valence-corrected chi connectivity index (χ3v) is 6.53. The molecule has 0 spiro atoms. The van der Waals surface area contributed by atoms with Crippen LogP contribution in [0.4, 0.5) is 0 Å².